The molecule has 2 aromatic rings. The van der Waals surface area contributed by atoms with E-state index in [2.05, 4.69) is 27.6 Å². The van der Waals surface area contributed by atoms with Crippen molar-refractivity contribution in [2.45, 2.75) is 33.3 Å². The number of ether oxygens (including phenoxy) is 1. The van der Waals surface area contributed by atoms with Gasteiger partial charge in [0.1, 0.15) is 5.60 Å². The topological polar surface area (TPSA) is 46.8 Å². The molecular formula is C17H21N3O2. The van der Waals surface area contributed by atoms with E-state index in [0.717, 1.165) is 16.9 Å². The Morgan fingerprint density at radius 3 is 2.68 bits per heavy atom. The van der Waals surface area contributed by atoms with Gasteiger partial charge in [-0.3, -0.25) is 4.98 Å². The Kier molecular flexibility index (Phi) is 3.43. The zero-order valence-electron chi connectivity index (χ0n) is 13.5. The van der Waals surface area contributed by atoms with Crippen LogP contribution >= 0.6 is 0 Å². The SMILES string of the molecule is Cc1cncc2ccc(C=C3CN(C(=O)OC(C)(C)C)C3)n12. The Bertz CT molecular complexity index is 745. The second-order valence-electron chi connectivity index (χ2n) is 6.71. The van der Waals surface area contributed by atoms with Gasteiger partial charge in [-0.05, 0) is 51.5 Å². The van der Waals surface area contributed by atoms with E-state index < -0.39 is 5.60 Å². The molecule has 0 saturated carbocycles. The van der Waals surface area contributed by atoms with Crippen molar-refractivity contribution in [3.63, 3.8) is 0 Å². The van der Waals surface area contributed by atoms with E-state index in [1.807, 2.05) is 40.1 Å². The average Bonchev–Trinajstić information content (AvgIpc) is 2.75. The molecule has 5 nitrogen and oxygen atoms in total. The first-order valence-electron chi connectivity index (χ1n) is 7.43. The fourth-order valence-corrected chi connectivity index (χ4v) is 2.57. The lowest BCUT2D eigenvalue weighted by atomic mass is 10.1. The first kappa shape index (κ1) is 14.6. The summed E-state index contributed by atoms with van der Waals surface area (Å²) in [7, 11) is 0. The highest BCUT2D eigenvalue weighted by Crippen LogP contribution is 2.22. The summed E-state index contributed by atoms with van der Waals surface area (Å²) in [6, 6.07) is 4.13. The Morgan fingerprint density at radius 1 is 1.27 bits per heavy atom. The summed E-state index contributed by atoms with van der Waals surface area (Å²) in [5, 5.41) is 0. The van der Waals surface area contributed by atoms with Crippen molar-refractivity contribution in [1.82, 2.24) is 14.3 Å². The maximum absolute atomic E-state index is 11.9. The minimum Gasteiger partial charge on any atom is -0.444 e. The van der Waals surface area contributed by atoms with E-state index in [1.54, 1.807) is 4.90 Å². The molecule has 0 N–H and O–H groups in total. The number of fused-ring (bicyclic) bond motifs is 1. The monoisotopic (exact) mass is 299 g/mol. The molecule has 1 amide bonds. The molecule has 0 radical (unpaired) electrons. The van der Waals surface area contributed by atoms with E-state index in [0.29, 0.717) is 13.1 Å². The smallest absolute Gasteiger partial charge is 0.410 e. The summed E-state index contributed by atoms with van der Waals surface area (Å²) >= 11 is 0. The molecule has 1 fully saturated rings. The molecule has 0 atom stereocenters. The Morgan fingerprint density at radius 2 is 2.00 bits per heavy atom. The van der Waals surface area contributed by atoms with Crippen molar-refractivity contribution in [2.24, 2.45) is 0 Å². The first-order valence-corrected chi connectivity index (χ1v) is 7.43. The molecule has 3 heterocycles. The largest absolute Gasteiger partial charge is 0.444 e. The number of aryl methyl sites for hydroxylation is 1. The van der Waals surface area contributed by atoms with E-state index in [-0.39, 0.29) is 6.09 Å². The van der Waals surface area contributed by atoms with Crippen LogP contribution in [-0.2, 0) is 4.74 Å². The van der Waals surface area contributed by atoms with Gasteiger partial charge >= 0.3 is 6.09 Å². The molecular weight excluding hydrogens is 278 g/mol. The fraction of sp³-hybridized carbons (Fsp3) is 0.412. The highest BCUT2D eigenvalue weighted by Gasteiger charge is 2.29. The first-order chi connectivity index (χ1) is 10.3. The van der Waals surface area contributed by atoms with E-state index in [4.69, 9.17) is 4.74 Å². The van der Waals surface area contributed by atoms with Crippen molar-refractivity contribution in [3.05, 3.63) is 41.5 Å². The Hall–Kier alpha value is -2.30. The molecule has 2 aromatic heterocycles. The van der Waals surface area contributed by atoms with Crippen molar-refractivity contribution >= 4 is 17.7 Å². The maximum atomic E-state index is 11.9. The molecule has 0 spiro atoms. The summed E-state index contributed by atoms with van der Waals surface area (Å²) < 4.78 is 7.52. The molecule has 5 heteroatoms. The van der Waals surface area contributed by atoms with Crippen LogP contribution in [0.3, 0.4) is 0 Å². The van der Waals surface area contributed by atoms with Crippen LogP contribution in [0.4, 0.5) is 4.79 Å². The van der Waals surface area contributed by atoms with Gasteiger partial charge in [0, 0.05) is 30.7 Å². The molecule has 1 aliphatic rings. The number of carbonyl (C=O) groups excluding carboxylic acids is 1. The van der Waals surface area contributed by atoms with Crippen LogP contribution < -0.4 is 0 Å². The van der Waals surface area contributed by atoms with Crippen LogP contribution in [0, 0.1) is 6.92 Å². The van der Waals surface area contributed by atoms with Crippen LogP contribution in [0.2, 0.25) is 0 Å². The van der Waals surface area contributed by atoms with E-state index >= 15 is 0 Å². The summed E-state index contributed by atoms with van der Waals surface area (Å²) in [6.45, 7) is 8.94. The quantitative estimate of drug-likeness (QED) is 0.812. The lowest BCUT2D eigenvalue weighted by Crippen LogP contribution is -2.46. The van der Waals surface area contributed by atoms with Crippen LogP contribution in [0.15, 0.2) is 30.1 Å². The number of nitrogens with zero attached hydrogens (tertiary/aromatic N) is 3. The van der Waals surface area contributed by atoms with Crippen LogP contribution in [0.5, 0.6) is 0 Å². The van der Waals surface area contributed by atoms with Gasteiger partial charge < -0.3 is 14.0 Å². The number of aromatic nitrogens is 2. The van der Waals surface area contributed by atoms with Crippen LogP contribution in [-0.4, -0.2) is 39.1 Å². The van der Waals surface area contributed by atoms with Gasteiger partial charge in [0.05, 0.1) is 11.7 Å². The number of likely N-dealkylation sites (tertiary alicyclic amines) is 1. The molecule has 0 bridgehead atoms. The van der Waals surface area contributed by atoms with Crippen molar-refractivity contribution in [2.75, 3.05) is 13.1 Å². The van der Waals surface area contributed by atoms with Gasteiger partial charge in [-0.2, -0.15) is 0 Å². The lowest BCUT2D eigenvalue weighted by molar-refractivity contribution is 0.0216. The van der Waals surface area contributed by atoms with Gasteiger partial charge in [0.15, 0.2) is 0 Å². The number of hydrogen-bond acceptors (Lipinski definition) is 3. The fourth-order valence-electron chi connectivity index (χ4n) is 2.57. The number of rotatable bonds is 1. The molecule has 0 aromatic carbocycles. The van der Waals surface area contributed by atoms with Crippen molar-refractivity contribution in [1.29, 1.82) is 0 Å². The van der Waals surface area contributed by atoms with Gasteiger partial charge in [0.25, 0.3) is 0 Å². The average molecular weight is 299 g/mol. The van der Waals surface area contributed by atoms with Crippen LogP contribution in [0.25, 0.3) is 11.6 Å². The van der Waals surface area contributed by atoms with Gasteiger partial charge in [-0.1, -0.05) is 0 Å². The highest BCUT2D eigenvalue weighted by atomic mass is 16.6. The highest BCUT2D eigenvalue weighted by molar-refractivity contribution is 5.72. The standard InChI is InChI=1S/C17H21N3O2/c1-12-8-18-9-15-6-5-14(20(12)15)7-13-10-19(11-13)16(21)22-17(2,3)4/h5-9H,10-11H2,1-4H3. The lowest BCUT2D eigenvalue weighted by Gasteiger charge is -2.35. The Labute approximate surface area is 130 Å². The van der Waals surface area contributed by atoms with Gasteiger partial charge in [-0.15, -0.1) is 0 Å². The summed E-state index contributed by atoms with van der Waals surface area (Å²) in [4.78, 5) is 17.8. The van der Waals surface area contributed by atoms with Crippen molar-refractivity contribution < 1.29 is 9.53 Å². The Balaban J connectivity index is 1.72. The van der Waals surface area contributed by atoms with Gasteiger partial charge in [0.2, 0.25) is 0 Å². The number of carbonyl (C=O) groups is 1. The third-order valence-electron chi connectivity index (χ3n) is 3.55. The van der Waals surface area contributed by atoms with Gasteiger partial charge in [-0.25, -0.2) is 4.79 Å². The number of hydrogen-bond donors (Lipinski definition) is 0. The third-order valence-corrected chi connectivity index (χ3v) is 3.55. The zero-order chi connectivity index (χ0) is 15.9. The molecule has 116 valence electrons. The molecule has 22 heavy (non-hydrogen) atoms. The van der Waals surface area contributed by atoms with Crippen LogP contribution in [0.1, 0.15) is 32.2 Å². The predicted molar refractivity (Wildman–Crippen MR) is 85.7 cm³/mol. The van der Waals surface area contributed by atoms with E-state index in [1.165, 1.54) is 5.57 Å². The second-order valence-corrected chi connectivity index (χ2v) is 6.71. The van der Waals surface area contributed by atoms with E-state index in [9.17, 15) is 4.79 Å². The number of amides is 1. The molecule has 0 aliphatic carbocycles. The summed E-state index contributed by atoms with van der Waals surface area (Å²) in [5.74, 6) is 0. The third kappa shape index (κ3) is 2.84. The molecule has 3 rings (SSSR count). The summed E-state index contributed by atoms with van der Waals surface area (Å²) in [6.07, 6.45) is 5.59. The predicted octanol–water partition coefficient (Wildman–Crippen LogP) is 3.28. The molecule has 0 unspecified atom stereocenters. The van der Waals surface area contributed by atoms with Crippen molar-refractivity contribution in [3.8, 4) is 0 Å². The molecule has 1 aliphatic heterocycles. The zero-order valence-corrected chi connectivity index (χ0v) is 13.5. The second kappa shape index (κ2) is 5.16. The minimum atomic E-state index is -0.446. The molecule has 1 saturated heterocycles. The summed E-state index contributed by atoms with van der Waals surface area (Å²) in [5.41, 5.74) is 4.07. The minimum absolute atomic E-state index is 0.245. The maximum Gasteiger partial charge on any atom is 0.410 e. The normalized spacial score (nSPS) is 14.9.